The van der Waals surface area contributed by atoms with Crippen molar-refractivity contribution in [2.75, 3.05) is 0 Å². The van der Waals surface area contributed by atoms with Crippen molar-refractivity contribution < 1.29 is 9.47 Å². The number of benzene rings is 3. The molecular formula is C31H24BNO2. The summed E-state index contributed by atoms with van der Waals surface area (Å²) in [5.74, 6) is 4.04. The van der Waals surface area contributed by atoms with Crippen LogP contribution in [0.4, 0.5) is 0 Å². The molecule has 2 aliphatic heterocycles. The molecule has 0 saturated carbocycles. The fraction of sp³-hybridized carbons (Fsp3) is 0.129. The average Bonchev–Trinajstić information content (AvgIpc) is 2.88. The van der Waals surface area contributed by atoms with Crippen LogP contribution in [-0.2, 0) is 0 Å². The van der Waals surface area contributed by atoms with E-state index in [2.05, 4.69) is 97.7 Å². The largest absolute Gasteiger partial charge is 0.459 e. The van der Waals surface area contributed by atoms with E-state index in [4.69, 9.17) is 9.47 Å². The molecular weight excluding hydrogens is 429 g/mol. The molecule has 3 aromatic carbocycles. The first kappa shape index (κ1) is 20.3. The standard InChI is InChI=1S/C31H24BNO2/c1-19-13-24(18-33-17-19)23-15-28-31-29(16-23)35-27-10-6-7-20(2)30(27)32(31)25-14-22(11-12-26(25)34-28)21-8-4-3-5-9-21/h3-6,8-18,20H,7H2,1-2H3. The molecule has 168 valence electrons. The van der Waals surface area contributed by atoms with E-state index in [1.54, 1.807) is 0 Å². The molecule has 0 bridgehead atoms. The highest BCUT2D eigenvalue weighted by Gasteiger charge is 2.43. The predicted octanol–water partition coefficient (Wildman–Crippen LogP) is 6.22. The van der Waals surface area contributed by atoms with Gasteiger partial charge >= 0.3 is 0 Å². The van der Waals surface area contributed by atoms with E-state index in [1.165, 1.54) is 22.1 Å². The summed E-state index contributed by atoms with van der Waals surface area (Å²) in [7, 11) is 0. The number of hydrogen-bond acceptors (Lipinski definition) is 3. The molecule has 7 rings (SSSR count). The zero-order valence-corrected chi connectivity index (χ0v) is 19.8. The van der Waals surface area contributed by atoms with Gasteiger partial charge in [0.1, 0.15) is 23.0 Å². The van der Waals surface area contributed by atoms with Gasteiger partial charge in [-0.05, 0) is 82.8 Å². The van der Waals surface area contributed by atoms with Crippen LogP contribution in [0.1, 0.15) is 18.9 Å². The van der Waals surface area contributed by atoms with Gasteiger partial charge in [-0.15, -0.1) is 0 Å². The summed E-state index contributed by atoms with van der Waals surface area (Å²) in [6, 6.07) is 23.6. The number of hydrogen-bond donors (Lipinski definition) is 0. The lowest BCUT2D eigenvalue weighted by atomic mass is 9.32. The summed E-state index contributed by atoms with van der Waals surface area (Å²) in [6.45, 7) is 4.48. The topological polar surface area (TPSA) is 31.4 Å². The maximum absolute atomic E-state index is 6.58. The zero-order chi connectivity index (χ0) is 23.5. The number of fused-ring (bicyclic) bond motifs is 3. The summed E-state index contributed by atoms with van der Waals surface area (Å²) in [5, 5.41) is 0. The molecule has 3 aliphatic rings. The van der Waals surface area contributed by atoms with Crippen LogP contribution in [0.2, 0.25) is 0 Å². The van der Waals surface area contributed by atoms with Gasteiger partial charge in [0.05, 0.1) is 0 Å². The quantitative estimate of drug-likeness (QED) is 0.338. The van der Waals surface area contributed by atoms with E-state index in [-0.39, 0.29) is 6.71 Å². The molecule has 0 saturated heterocycles. The molecule has 3 heterocycles. The van der Waals surface area contributed by atoms with Crippen LogP contribution < -0.4 is 20.4 Å². The van der Waals surface area contributed by atoms with Gasteiger partial charge in [0, 0.05) is 23.4 Å². The van der Waals surface area contributed by atoms with E-state index in [9.17, 15) is 0 Å². The Morgan fingerprint density at radius 1 is 0.800 bits per heavy atom. The van der Waals surface area contributed by atoms with Crippen molar-refractivity contribution in [3.63, 3.8) is 0 Å². The maximum atomic E-state index is 6.58. The second-order valence-corrected chi connectivity index (χ2v) is 9.75. The number of aromatic nitrogens is 1. The van der Waals surface area contributed by atoms with Gasteiger partial charge in [0.15, 0.2) is 0 Å². The van der Waals surface area contributed by atoms with Crippen LogP contribution in [0, 0.1) is 12.8 Å². The van der Waals surface area contributed by atoms with Crippen LogP contribution in [0.25, 0.3) is 22.3 Å². The number of pyridine rings is 1. The van der Waals surface area contributed by atoms with Gasteiger partial charge in [0.25, 0.3) is 6.71 Å². The fourth-order valence-corrected chi connectivity index (χ4v) is 5.69. The van der Waals surface area contributed by atoms with Crippen molar-refractivity contribution in [3.05, 3.63) is 108 Å². The van der Waals surface area contributed by atoms with Gasteiger partial charge in [-0.2, -0.15) is 0 Å². The Hall–Kier alpha value is -4.05. The Kier molecular flexibility index (Phi) is 4.50. The van der Waals surface area contributed by atoms with E-state index in [1.807, 2.05) is 12.4 Å². The highest BCUT2D eigenvalue weighted by molar-refractivity contribution is 6.93. The van der Waals surface area contributed by atoms with Gasteiger partial charge in [0.2, 0.25) is 0 Å². The Balaban J connectivity index is 1.45. The third-order valence-corrected chi connectivity index (χ3v) is 7.35. The zero-order valence-electron chi connectivity index (χ0n) is 19.8. The summed E-state index contributed by atoms with van der Waals surface area (Å²) < 4.78 is 13.1. The van der Waals surface area contributed by atoms with E-state index in [0.717, 1.165) is 51.6 Å². The van der Waals surface area contributed by atoms with Gasteiger partial charge < -0.3 is 9.47 Å². The molecule has 1 aromatic heterocycles. The normalized spacial score (nSPS) is 17.2. The first-order valence-corrected chi connectivity index (χ1v) is 12.2. The molecule has 4 aromatic rings. The Bertz CT molecular complexity index is 1550. The fourth-order valence-electron chi connectivity index (χ4n) is 5.69. The highest BCUT2D eigenvalue weighted by atomic mass is 16.5. The minimum atomic E-state index is 0.112. The summed E-state index contributed by atoms with van der Waals surface area (Å²) >= 11 is 0. The van der Waals surface area contributed by atoms with Crippen molar-refractivity contribution in [3.8, 4) is 39.5 Å². The molecule has 1 aliphatic carbocycles. The second kappa shape index (κ2) is 7.74. The molecule has 1 atom stereocenters. The van der Waals surface area contributed by atoms with Crippen LogP contribution >= 0.6 is 0 Å². The lowest BCUT2D eigenvalue weighted by Crippen LogP contribution is -2.53. The molecule has 3 nitrogen and oxygen atoms in total. The van der Waals surface area contributed by atoms with Crippen molar-refractivity contribution in [1.82, 2.24) is 4.98 Å². The van der Waals surface area contributed by atoms with Crippen LogP contribution in [0.5, 0.6) is 17.2 Å². The minimum absolute atomic E-state index is 0.112. The monoisotopic (exact) mass is 453 g/mol. The number of rotatable bonds is 2. The van der Waals surface area contributed by atoms with Crippen molar-refractivity contribution in [1.29, 1.82) is 0 Å². The van der Waals surface area contributed by atoms with Crippen molar-refractivity contribution in [2.45, 2.75) is 20.3 Å². The van der Waals surface area contributed by atoms with Crippen molar-refractivity contribution in [2.24, 2.45) is 5.92 Å². The van der Waals surface area contributed by atoms with Gasteiger partial charge in [-0.25, -0.2) is 0 Å². The van der Waals surface area contributed by atoms with E-state index in [0.29, 0.717) is 5.92 Å². The number of nitrogens with zero attached hydrogens (tertiary/aromatic N) is 1. The molecule has 0 fully saturated rings. The molecule has 0 radical (unpaired) electrons. The third kappa shape index (κ3) is 3.24. The second-order valence-electron chi connectivity index (χ2n) is 9.75. The number of allylic oxidation sites excluding steroid dienone is 3. The Morgan fingerprint density at radius 2 is 1.63 bits per heavy atom. The van der Waals surface area contributed by atoms with E-state index >= 15 is 0 Å². The average molecular weight is 453 g/mol. The Morgan fingerprint density at radius 3 is 2.46 bits per heavy atom. The van der Waals surface area contributed by atoms with Crippen LogP contribution in [-0.4, -0.2) is 11.7 Å². The number of ether oxygens (including phenoxy) is 2. The molecule has 1 unspecified atom stereocenters. The Labute approximate surface area is 205 Å². The van der Waals surface area contributed by atoms with Crippen LogP contribution in [0.3, 0.4) is 0 Å². The molecule has 0 amide bonds. The SMILES string of the molecule is Cc1cncc(-c2cc3c4c(c2)Oc2ccc(-c5ccccc5)cc2B4C2=C(C=CCC2C)O3)c1. The predicted molar refractivity (Wildman–Crippen MR) is 142 cm³/mol. The lowest BCUT2D eigenvalue weighted by molar-refractivity contribution is 0.420. The van der Waals surface area contributed by atoms with Gasteiger partial charge in [-0.1, -0.05) is 55.5 Å². The first-order valence-electron chi connectivity index (χ1n) is 12.2. The third-order valence-electron chi connectivity index (χ3n) is 7.35. The highest BCUT2D eigenvalue weighted by Crippen LogP contribution is 2.42. The minimum Gasteiger partial charge on any atom is -0.459 e. The molecule has 4 heteroatoms. The summed E-state index contributed by atoms with van der Waals surface area (Å²) in [5.41, 5.74) is 9.34. The smallest absolute Gasteiger partial charge is 0.256 e. The summed E-state index contributed by atoms with van der Waals surface area (Å²) in [4.78, 5) is 4.40. The van der Waals surface area contributed by atoms with E-state index < -0.39 is 0 Å². The summed E-state index contributed by atoms with van der Waals surface area (Å²) in [6.07, 6.45) is 9.17. The molecule has 0 spiro atoms. The molecule has 0 N–H and O–H groups in total. The number of aryl methyl sites for hydroxylation is 1. The van der Waals surface area contributed by atoms with Crippen LogP contribution in [0.15, 0.2) is 103 Å². The van der Waals surface area contributed by atoms with Gasteiger partial charge in [-0.3, -0.25) is 4.98 Å². The van der Waals surface area contributed by atoms with Crippen molar-refractivity contribution >= 4 is 17.6 Å². The molecule has 35 heavy (non-hydrogen) atoms. The maximum Gasteiger partial charge on any atom is 0.256 e. The lowest BCUT2D eigenvalue weighted by Gasteiger charge is -2.37. The first-order chi connectivity index (χ1) is 17.2.